The van der Waals surface area contributed by atoms with Crippen LogP contribution in [0.2, 0.25) is 0 Å². The summed E-state index contributed by atoms with van der Waals surface area (Å²) in [5.74, 6) is -0.243. The zero-order valence-corrected chi connectivity index (χ0v) is 10.8. The molecule has 1 aliphatic rings. The highest BCUT2D eigenvalue weighted by Gasteiger charge is 2.38. The largest absolute Gasteiger partial charge is 0.410 e. The summed E-state index contributed by atoms with van der Waals surface area (Å²) in [6.07, 6.45) is 0.411. The van der Waals surface area contributed by atoms with E-state index in [9.17, 15) is 4.79 Å². The van der Waals surface area contributed by atoms with Gasteiger partial charge in [-0.2, -0.15) is 0 Å². The maximum Gasteiger partial charge on any atom is 0.276 e. The molecule has 1 fully saturated rings. The molecule has 1 heterocycles. The lowest BCUT2D eigenvalue weighted by atomic mass is 10.0. The molecule has 1 aliphatic heterocycles. The van der Waals surface area contributed by atoms with Crippen molar-refractivity contribution < 1.29 is 10.0 Å². The molecule has 3 rings (SSSR count). The molecule has 0 radical (unpaired) electrons. The van der Waals surface area contributed by atoms with E-state index in [1.54, 1.807) is 4.90 Å². The van der Waals surface area contributed by atoms with Crippen molar-refractivity contribution >= 4 is 17.3 Å². The Hall–Kier alpha value is -2.62. The Labute approximate surface area is 117 Å². The molecular weight excluding hydrogens is 252 g/mol. The summed E-state index contributed by atoms with van der Waals surface area (Å²) in [6, 6.07) is 19.1. The maximum absolute atomic E-state index is 12.4. The van der Waals surface area contributed by atoms with Crippen LogP contribution in [0.25, 0.3) is 0 Å². The topological polar surface area (TPSA) is 52.9 Å². The molecule has 0 aliphatic carbocycles. The molecule has 0 bridgehead atoms. The zero-order valence-electron chi connectivity index (χ0n) is 10.8. The molecular formula is C16H14N2O2. The molecule has 100 valence electrons. The highest BCUT2D eigenvalue weighted by molar-refractivity contribution is 6.46. The number of para-hydroxylation sites is 1. The quantitative estimate of drug-likeness (QED) is 0.671. The smallest absolute Gasteiger partial charge is 0.276 e. The summed E-state index contributed by atoms with van der Waals surface area (Å²) in [5.41, 5.74) is 2.04. The van der Waals surface area contributed by atoms with Gasteiger partial charge in [-0.1, -0.05) is 53.7 Å². The van der Waals surface area contributed by atoms with Crippen LogP contribution in [0.15, 0.2) is 65.8 Å². The van der Waals surface area contributed by atoms with E-state index in [1.165, 1.54) is 0 Å². The lowest BCUT2D eigenvalue weighted by molar-refractivity contribution is -0.112. The van der Waals surface area contributed by atoms with Gasteiger partial charge in [-0.05, 0) is 17.7 Å². The molecule has 0 aromatic heterocycles. The molecule has 1 N–H and O–H groups in total. The van der Waals surface area contributed by atoms with E-state index in [2.05, 4.69) is 5.16 Å². The van der Waals surface area contributed by atoms with Gasteiger partial charge < -0.3 is 5.21 Å². The van der Waals surface area contributed by atoms with E-state index in [1.807, 2.05) is 60.7 Å². The minimum Gasteiger partial charge on any atom is -0.410 e. The first-order valence-corrected chi connectivity index (χ1v) is 6.45. The summed E-state index contributed by atoms with van der Waals surface area (Å²) in [7, 11) is 0. The number of hydrogen-bond acceptors (Lipinski definition) is 3. The Morgan fingerprint density at radius 1 is 1.00 bits per heavy atom. The van der Waals surface area contributed by atoms with Crippen LogP contribution in [-0.4, -0.2) is 16.8 Å². The molecule has 1 atom stereocenters. The summed E-state index contributed by atoms with van der Waals surface area (Å²) >= 11 is 0. The van der Waals surface area contributed by atoms with Gasteiger partial charge in [0.2, 0.25) is 0 Å². The zero-order chi connectivity index (χ0) is 13.9. The van der Waals surface area contributed by atoms with E-state index in [4.69, 9.17) is 5.21 Å². The third kappa shape index (κ3) is 2.05. The molecule has 0 saturated carbocycles. The average Bonchev–Trinajstić information content (AvgIpc) is 2.86. The lowest BCUT2D eigenvalue weighted by Crippen LogP contribution is -2.29. The molecule has 4 nitrogen and oxygen atoms in total. The van der Waals surface area contributed by atoms with Crippen LogP contribution < -0.4 is 4.90 Å². The van der Waals surface area contributed by atoms with Crippen LogP contribution in [-0.2, 0) is 4.79 Å². The van der Waals surface area contributed by atoms with Crippen molar-refractivity contribution in [2.75, 3.05) is 4.90 Å². The van der Waals surface area contributed by atoms with Gasteiger partial charge in [-0.25, -0.2) is 0 Å². The third-order valence-electron chi connectivity index (χ3n) is 3.50. The summed E-state index contributed by atoms with van der Waals surface area (Å²) < 4.78 is 0. The molecule has 0 spiro atoms. The monoisotopic (exact) mass is 266 g/mol. The van der Waals surface area contributed by atoms with Gasteiger partial charge in [-0.3, -0.25) is 9.69 Å². The number of oxime groups is 1. The first kappa shape index (κ1) is 12.4. The number of anilines is 1. The van der Waals surface area contributed by atoms with Crippen molar-refractivity contribution in [3.05, 3.63) is 66.2 Å². The van der Waals surface area contributed by atoms with Crippen molar-refractivity contribution in [3.8, 4) is 0 Å². The van der Waals surface area contributed by atoms with Gasteiger partial charge in [0.1, 0.15) is 5.71 Å². The van der Waals surface area contributed by atoms with E-state index in [-0.39, 0.29) is 17.7 Å². The minimum atomic E-state index is -0.243. The predicted molar refractivity (Wildman–Crippen MR) is 76.9 cm³/mol. The van der Waals surface area contributed by atoms with Crippen LogP contribution >= 0.6 is 0 Å². The van der Waals surface area contributed by atoms with E-state index < -0.39 is 0 Å². The molecule has 1 amide bonds. The molecule has 2 aromatic rings. The standard InChI is InChI=1S/C16H14N2O2/c19-16-14(17-20)11-15(12-7-3-1-4-8-12)18(16)13-9-5-2-6-10-13/h1-10,15,20H,11H2/b17-14+/t15-/m1/s1. The summed E-state index contributed by atoms with van der Waals surface area (Å²) in [4.78, 5) is 14.0. The number of carbonyl (C=O) groups excluding carboxylic acids is 1. The van der Waals surface area contributed by atoms with Crippen molar-refractivity contribution in [3.63, 3.8) is 0 Å². The fourth-order valence-corrected chi connectivity index (χ4v) is 2.55. The predicted octanol–water partition coefficient (Wildman–Crippen LogP) is 2.99. The fourth-order valence-electron chi connectivity index (χ4n) is 2.55. The summed E-state index contributed by atoms with van der Waals surface area (Å²) in [6.45, 7) is 0. The van der Waals surface area contributed by atoms with Gasteiger partial charge in [0.05, 0.1) is 6.04 Å². The maximum atomic E-state index is 12.4. The highest BCUT2D eigenvalue weighted by atomic mass is 16.4. The van der Waals surface area contributed by atoms with Crippen molar-refractivity contribution in [2.45, 2.75) is 12.5 Å². The van der Waals surface area contributed by atoms with Crippen LogP contribution in [0.5, 0.6) is 0 Å². The van der Waals surface area contributed by atoms with Crippen LogP contribution in [0, 0.1) is 0 Å². The molecule has 20 heavy (non-hydrogen) atoms. The Bertz CT molecular complexity index is 638. The SMILES string of the molecule is O=C1/C(=N/O)C[C@H](c2ccccc2)N1c1ccccc1. The van der Waals surface area contributed by atoms with E-state index in [0.29, 0.717) is 6.42 Å². The van der Waals surface area contributed by atoms with Crippen LogP contribution in [0.4, 0.5) is 5.69 Å². The van der Waals surface area contributed by atoms with Gasteiger partial charge in [-0.15, -0.1) is 0 Å². The van der Waals surface area contributed by atoms with Crippen molar-refractivity contribution in [1.29, 1.82) is 0 Å². The minimum absolute atomic E-state index is 0.128. The first-order chi connectivity index (χ1) is 9.81. The van der Waals surface area contributed by atoms with Crippen molar-refractivity contribution in [1.82, 2.24) is 0 Å². The van der Waals surface area contributed by atoms with Crippen LogP contribution in [0.1, 0.15) is 18.0 Å². The summed E-state index contributed by atoms with van der Waals surface area (Å²) in [5, 5.41) is 12.2. The number of rotatable bonds is 2. The number of nitrogens with zero attached hydrogens (tertiary/aromatic N) is 2. The fraction of sp³-hybridized carbons (Fsp3) is 0.125. The van der Waals surface area contributed by atoms with Gasteiger partial charge in [0.15, 0.2) is 0 Å². The molecule has 1 saturated heterocycles. The second kappa shape index (κ2) is 5.17. The number of hydrogen-bond donors (Lipinski definition) is 1. The number of amides is 1. The molecule has 0 unspecified atom stereocenters. The van der Waals surface area contributed by atoms with E-state index >= 15 is 0 Å². The average molecular weight is 266 g/mol. The van der Waals surface area contributed by atoms with Crippen molar-refractivity contribution in [2.24, 2.45) is 5.16 Å². The second-order valence-corrected chi connectivity index (χ2v) is 4.69. The van der Waals surface area contributed by atoms with Gasteiger partial charge in [0.25, 0.3) is 5.91 Å². The lowest BCUT2D eigenvalue weighted by Gasteiger charge is -2.24. The number of benzene rings is 2. The Morgan fingerprint density at radius 2 is 1.60 bits per heavy atom. The Kier molecular flexibility index (Phi) is 3.21. The normalized spacial score (nSPS) is 20.6. The number of carbonyl (C=O) groups is 1. The first-order valence-electron chi connectivity index (χ1n) is 6.45. The second-order valence-electron chi connectivity index (χ2n) is 4.69. The molecule has 2 aromatic carbocycles. The third-order valence-corrected chi connectivity index (χ3v) is 3.50. The van der Waals surface area contributed by atoms with Gasteiger partial charge in [0, 0.05) is 12.1 Å². The van der Waals surface area contributed by atoms with Crippen LogP contribution in [0.3, 0.4) is 0 Å². The Morgan fingerprint density at radius 3 is 2.20 bits per heavy atom. The van der Waals surface area contributed by atoms with Gasteiger partial charge >= 0.3 is 0 Å². The Balaban J connectivity index is 2.06. The highest BCUT2D eigenvalue weighted by Crippen LogP contribution is 2.35. The molecule has 4 heteroatoms. The van der Waals surface area contributed by atoms with E-state index in [0.717, 1.165) is 11.3 Å².